The second kappa shape index (κ2) is 4.63. The van der Waals surface area contributed by atoms with Gasteiger partial charge in [-0.05, 0) is 24.6 Å². The first kappa shape index (κ1) is 11.1. The molecule has 4 nitrogen and oxygen atoms in total. The van der Waals surface area contributed by atoms with Crippen LogP contribution < -0.4 is 5.32 Å². The van der Waals surface area contributed by atoms with E-state index in [0.29, 0.717) is 13.2 Å². The van der Waals surface area contributed by atoms with E-state index < -0.39 is 0 Å². The Morgan fingerprint density at radius 1 is 1.38 bits per heavy atom. The fourth-order valence-corrected chi connectivity index (χ4v) is 1.76. The minimum absolute atomic E-state index is 0.0690. The van der Waals surface area contributed by atoms with Gasteiger partial charge in [-0.15, -0.1) is 0 Å². The van der Waals surface area contributed by atoms with Crippen molar-refractivity contribution in [3.63, 3.8) is 0 Å². The summed E-state index contributed by atoms with van der Waals surface area (Å²) >= 11 is 0. The Hall–Kier alpha value is -1.39. The molecule has 4 heteroatoms. The number of amides is 1. The van der Waals surface area contributed by atoms with Crippen molar-refractivity contribution >= 4 is 11.6 Å². The van der Waals surface area contributed by atoms with Crippen molar-refractivity contribution in [2.24, 2.45) is 0 Å². The standard InChI is InChI=1S/C12H15NO3/c1-8-7-10(13-9(2)14)3-4-11(8)12-15-5-6-16-12/h3-4,7,12H,5-6H2,1-2H3,(H,13,14). The maximum absolute atomic E-state index is 10.9. The smallest absolute Gasteiger partial charge is 0.221 e. The molecule has 0 aromatic heterocycles. The average molecular weight is 221 g/mol. The number of benzene rings is 1. The molecule has 1 aromatic rings. The van der Waals surface area contributed by atoms with Crippen LogP contribution in [0.1, 0.15) is 24.3 Å². The lowest BCUT2D eigenvalue weighted by atomic mass is 10.1. The van der Waals surface area contributed by atoms with Crippen LogP contribution in [0.3, 0.4) is 0 Å². The maximum Gasteiger partial charge on any atom is 0.221 e. The topological polar surface area (TPSA) is 47.6 Å². The van der Waals surface area contributed by atoms with E-state index in [0.717, 1.165) is 16.8 Å². The lowest BCUT2D eigenvalue weighted by Gasteiger charge is -2.13. The van der Waals surface area contributed by atoms with Gasteiger partial charge in [-0.2, -0.15) is 0 Å². The average Bonchev–Trinajstić information content (AvgIpc) is 2.69. The molecule has 0 spiro atoms. The van der Waals surface area contributed by atoms with E-state index in [4.69, 9.17) is 9.47 Å². The molecule has 0 saturated carbocycles. The van der Waals surface area contributed by atoms with Gasteiger partial charge in [0.05, 0.1) is 13.2 Å². The van der Waals surface area contributed by atoms with E-state index in [2.05, 4.69) is 5.32 Å². The number of hydrogen-bond donors (Lipinski definition) is 1. The van der Waals surface area contributed by atoms with Gasteiger partial charge in [-0.1, -0.05) is 6.07 Å². The van der Waals surface area contributed by atoms with Crippen LogP contribution in [0.4, 0.5) is 5.69 Å². The summed E-state index contributed by atoms with van der Waals surface area (Å²) in [5, 5.41) is 2.74. The second-order valence-corrected chi connectivity index (χ2v) is 3.83. The van der Waals surface area contributed by atoms with Crippen LogP contribution in [0.15, 0.2) is 18.2 Å². The number of rotatable bonds is 2. The highest BCUT2D eigenvalue weighted by molar-refractivity contribution is 5.88. The fraction of sp³-hybridized carbons (Fsp3) is 0.417. The molecule has 1 aliphatic rings. The Bertz CT molecular complexity index is 397. The first-order chi connectivity index (χ1) is 7.66. The Kier molecular flexibility index (Phi) is 3.22. The zero-order chi connectivity index (χ0) is 11.5. The predicted molar refractivity (Wildman–Crippen MR) is 60.1 cm³/mol. The second-order valence-electron chi connectivity index (χ2n) is 3.83. The van der Waals surface area contributed by atoms with E-state index in [1.165, 1.54) is 6.92 Å². The fourth-order valence-electron chi connectivity index (χ4n) is 1.76. The van der Waals surface area contributed by atoms with E-state index in [9.17, 15) is 4.79 Å². The normalized spacial score (nSPS) is 16.4. The number of anilines is 1. The van der Waals surface area contributed by atoms with Crippen LogP contribution in [0.2, 0.25) is 0 Å². The zero-order valence-corrected chi connectivity index (χ0v) is 9.45. The molecule has 2 rings (SSSR count). The number of hydrogen-bond acceptors (Lipinski definition) is 3. The predicted octanol–water partition coefficient (Wildman–Crippen LogP) is 2.00. The lowest BCUT2D eigenvalue weighted by molar-refractivity contribution is -0.114. The van der Waals surface area contributed by atoms with Crippen LogP contribution in [0, 0.1) is 6.92 Å². The molecule has 1 amide bonds. The highest BCUT2D eigenvalue weighted by Gasteiger charge is 2.19. The number of ether oxygens (including phenoxy) is 2. The molecule has 1 saturated heterocycles. The molecule has 0 atom stereocenters. The molecule has 1 N–H and O–H groups in total. The summed E-state index contributed by atoms with van der Waals surface area (Å²) in [7, 11) is 0. The quantitative estimate of drug-likeness (QED) is 0.830. The first-order valence-electron chi connectivity index (χ1n) is 5.28. The highest BCUT2D eigenvalue weighted by Crippen LogP contribution is 2.27. The summed E-state index contributed by atoms with van der Waals surface area (Å²) in [5.41, 5.74) is 2.87. The van der Waals surface area contributed by atoms with E-state index in [1.54, 1.807) is 0 Å². The summed E-state index contributed by atoms with van der Waals surface area (Å²) in [6.07, 6.45) is -0.258. The zero-order valence-electron chi connectivity index (χ0n) is 9.45. The number of nitrogens with one attached hydrogen (secondary N) is 1. The van der Waals surface area contributed by atoms with Gasteiger partial charge in [0.2, 0.25) is 5.91 Å². The van der Waals surface area contributed by atoms with Crippen LogP contribution in [-0.2, 0) is 14.3 Å². The summed E-state index contributed by atoms with van der Waals surface area (Å²) in [6.45, 7) is 4.74. The Morgan fingerprint density at radius 3 is 2.62 bits per heavy atom. The van der Waals surface area contributed by atoms with Crippen molar-refractivity contribution in [1.29, 1.82) is 0 Å². The first-order valence-corrected chi connectivity index (χ1v) is 5.28. The van der Waals surface area contributed by atoms with E-state index in [1.807, 2.05) is 25.1 Å². The van der Waals surface area contributed by atoms with Crippen molar-refractivity contribution in [3.8, 4) is 0 Å². The Labute approximate surface area is 94.6 Å². The molecule has 1 fully saturated rings. The Balaban J connectivity index is 2.18. The van der Waals surface area contributed by atoms with Gasteiger partial charge >= 0.3 is 0 Å². The van der Waals surface area contributed by atoms with Crippen LogP contribution in [0.25, 0.3) is 0 Å². The number of carbonyl (C=O) groups excluding carboxylic acids is 1. The van der Waals surface area contributed by atoms with E-state index >= 15 is 0 Å². The number of aryl methyl sites for hydroxylation is 1. The highest BCUT2D eigenvalue weighted by atomic mass is 16.7. The van der Waals surface area contributed by atoms with Crippen molar-refractivity contribution in [2.45, 2.75) is 20.1 Å². The summed E-state index contributed by atoms with van der Waals surface area (Å²) in [5.74, 6) is -0.0690. The van der Waals surface area contributed by atoms with Crippen LogP contribution in [-0.4, -0.2) is 19.1 Å². The summed E-state index contributed by atoms with van der Waals surface area (Å²) in [6, 6.07) is 5.70. The van der Waals surface area contributed by atoms with Crippen molar-refractivity contribution < 1.29 is 14.3 Å². The van der Waals surface area contributed by atoms with Crippen LogP contribution in [0.5, 0.6) is 0 Å². The van der Waals surface area contributed by atoms with Gasteiger partial charge in [0.1, 0.15) is 0 Å². The number of carbonyl (C=O) groups is 1. The largest absolute Gasteiger partial charge is 0.346 e. The molecule has 0 aliphatic carbocycles. The SMILES string of the molecule is CC(=O)Nc1ccc(C2OCCO2)c(C)c1. The van der Waals surface area contributed by atoms with Gasteiger partial charge in [0.15, 0.2) is 6.29 Å². The molecular formula is C12H15NO3. The monoisotopic (exact) mass is 221 g/mol. The molecule has 1 heterocycles. The molecule has 86 valence electrons. The summed E-state index contributed by atoms with van der Waals surface area (Å²) in [4.78, 5) is 10.9. The minimum Gasteiger partial charge on any atom is -0.346 e. The Morgan fingerprint density at radius 2 is 2.06 bits per heavy atom. The minimum atomic E-state index is -0.258. The van der Waals surface area contributed by atoms with Crippen molar-refractivity contribution in [1.82, 2.24) is 0 Å². The van der Waals surface area contributed by atoms with Gasteiger partial charge < -0.3 is 14.8 Å². The van der Waals surface area contributed by atoms with Crippen molar-refractivity contribution in [3.05, 3.63) is 29.3 Å². The molecule has 16 heavy (non-hydrogen) atoms. The molecule has 0 radical (unpaired) electrons. The van der Waals surface area contributed by atoms with E-state index in [-0.39, 0.29) is 12.2 Å². The summed E-state index contributed by atoms with van der Waals surface area (Å²) < 4.78 is 10.9. The lowest BCUT2D eigenvalue weighted by Crippen LogP contribution is -2.07. The van der Waals surface area contributed by atoms with Gasteiger partial charge in [-0.25, -0.2) is 0 Å². The van der Waals surface area contributed by atoms with Crippen LogP contribution >= 0.6 is 0 Å². The van der Waals surface area contributed by atoms with Gasteiger partial charge in [-0.3, -0.25) is 4.79 Å². The third kappa shape index (κ3) is 2.40. The maximum atomic E-state index is 10.9. The van der Waals surface area contributed by atoms with Crippen molar-refractivity contribution in [2.75, 3.05) is 18.5 Å². The third-order valence-electron chi connectivity index (χ3n) is 2.47. The van der Waals surface area contributed by atoms with Gasteiger partial charge in [0.25, 0.3) is 0 Å². The molecule has 0 bridgehead atoms. The third-order valence-corrected chi connectivity index (χ3v) is 2.47. The molecule has 1 aromatic carbocycles. The molecule has 1 aliphatic heterocycles. The molecule has 0 unspecified atom stereocenters. The van der Waals surface area contributed by atoms with Gasteiger partial charge in [0, 0.05) is 18.2 Å². The molecular weight excluding hydrogens is 206 g/mol.